The molecule has 0 bridgehead atoms. The molecule has 1 amide bonds. The predicted molar refractivity (Wildman–Crippen MR) is 97.6 cm³/mol. The zero-order valence-electron chi connectivity index (χ0n) is 15.2. The predicted octanol–water partition coefficient (Wildman–Crippen LogP) is 3.66. The molecular weight excluding hydrogens is 334 g/mol. The maximum absolute atomic E-state index is 14.2. The number of hydrogen-bond donors (Lipinski definition) is 0. The van der Waals surface area contributed by atoms with E-state index in [1.54, 1.807) is 35.2 Å². The molecule has 138 valence electrons. The molecule has 2 unspecified atom stereocenters. The Hall–Kier alpha value is -2.27. The van der Waals surface area contributed by atoms with E-state index in [0.29, 0.717) is 37.2 Å². The first kappa shape index (κ1) is 18.5. The minimum Gasteiger partial charge on any atom is -0.339 e. The molecule has 1 fully saturated rings. The molecule has 0 radical (unpaired) electrons. The normalized spacial score (nSPS) is 19.4. The van der Waals surface area contributed by atoms with Gasteiger partial charge in [0, 0.05) is 31.1 Å². The summed E-state index contributed by atoms with van der Waals surface area (Å²) in [5.41, 5.74) is 1.15. The van der Waals surface area contributed by atoms with Gasteiger partial charge in [0.25, 0.3) is 0 Å². The third-order valence-corrected chi connectivity index (χ3v) is 5.13. The van der Waals surface area contributed by atoms with Crippen molar-refractivity contribution in [1.29, 1.82) is 0 Å². The Morgan fingerprint density at radius 3 is 2.42 bits per heavy atom. The van der Waals surface area contributed by atoms with E-state index >= 15 is 0 Å². The van der Waals surface area contributed by atoms with Crippen molar-refractivity contribution in [3.8, 4) is 0 Å². The highest BCUT2D eigenvalue weighted by molar-refractivity contribution is 5.79. The van der Waals surface area contributed by atoms with E-state index in [9.17, 15) is 13.6 Å². The molecule has 0 saturated carbocycles. The molecule has 3 nitrogen and oxygen atoms in total. The van der Waals surface area contributed by atoms with Crippen LogP contribution in [0.4, 0.5) is 8.78 Å². The maximum Gasteiger partial charge on any atom is 0.225 e. The standard InChI is InChI=1S/C21H24F2N2O/c1-15(13-16-7-3-5-9-18(16)22)21(26)25-12-11-24(2)20(14-25)17-8-4-6-10-19(17)23/h3-10,15,20H,11-14H2,1-2H3. The Bertz CT molecular complexity index is 780. The third kappa shape index (κ3) is 3.93. The van der Waals surface area contributed by atoms with Crippen molar-refractivity contribution < 1.29 is 13.6 Å². The highest BCUT2D eigenvalue weighted by Gasteiger charge is 2.31. The van der Waals surface area contributed by atoms with Gasteiger partial charge in [-0.3, -0.25) is 9.69 Å². The quantitative estimate of drug-likeness (QED) is 0.833. The van der Waals surface area contributed by atoms with Crippen molar-refractivity contribution >= 4 is 5.91 Å². The molecule has 2 atom stereocenters. The molecule has 1 aliphatic rings. The summed E-state index contributed by atoms with van der Waals surface area (Å²) < 4.78 is 28.1. The third-order valence-electron chi connectivity index (χ3n) is 5.13. The van der Waals surface area contributed by atoms with Crippen LogP contribution in [-0.2, 0) is 11.2 Å². The van der Waals surface area contributed by atoms with E-state index in [1.165, 1.54) is 12.1 Å². The summed E-state index contributed by atoms with van der Waals surface area (Å²) in [6.07, 6.45) is 0.363. The second-order valence-electron chi connectivity index (χ2n) is 7.00. The number of carbonyl (C=O) groups excluding carboxylic acids is 1. The van der Waals surface area contributed by atoms with Gasteiger partial charge < -0.3 is 4.90 Å². The molecule has 5 heteroatoms. The number of amides is 1. The van der Waals surface area contributed by atoms with Crippen LogP contribution in [0.15, 0.2) is 48.5 Å². The Labute approximate surface area is 153 Å². The first-order valence-electron chi connectivity index (χ1n) is 8.94. The average molecular weight is 358 g/mol. The minimum atomic E-state index is -0.323. The Morgan fingerprint density at radius 1 is 1.08 bits per heavy atom. The number of benzene rings is 2. The van der Waals surface area contributed by atoms with Crippen molar-refractivity contribution in [2.24, 2.45) is 5.92 Å². The van der Waals surface area contributed by atoms with E-state index in [0.717, 1.165) is 0 Å². The lowest BCUT2D eigenvalue weighted by Crippen LogP contribution is -2.50. The fourth-order valence-electron chi connectivity index (χ4n) is 3.55. The van der Waals surface area contributed by atoms with Gasteiger partial charge in [-0.25, -0.2) is 8.78 Å². The van der Waals surface area contributed by atoms with Gasteiger partial charge in [0.05, 0.1) is 6.04 Å². The Kier molecular flexibility index (Phi) is 5.67. The van der Waals surface area contributed by atoms with Crippen LogP contribution in [0.25, 0.3) is 0 Å². The van der Waals surface area contributed by atoms with Crippen LogP contribution in [0.5, 0.6) is 0 Å². The average Bonchev–Trinajstić information content (AvgIpc) is 2.64. The fraction of sp³-hybridized carbons (Fsp3) is 0.381. The highest BCUT2D eigenvalue weighted by Crippen LogP contribution is 2.27. The molecule has 1 aliphatic heterocycles. The van der Waals surface area contributed by atoms with Gasteiger partial charge in [-0.1, -0.05) is 43.3 Å². The minimum absolute atomic E-state index is 0.0114. The van der Waals surface area contributed by atoms with Gasteiger partial charge in [-0.2, -0.15) is 0 Å². The highest BCUT2D eigenvalue weighted by atomic mass is 19.1. The monoisotopic (exact) mass is 358 g/mol. The summed E-state index contributed by atoms with van der Waals surface area (Å²) in [7, 11) is 1.95. The van der Waals surface area contributed by atoms with Crippen LogP contribution in [0.1, 0.15) is 24.1 Å². The summed E-state index contributed by atoms with van der Waals surface area (Å²) in [5.74, 6) is -0.868. The smallest absolute Gasteiger partial charge is 0.225 e. The van der Waals surface area contributed by atoms with Crippen LogP contribution in [-0.4, -0.2) is 42.4 Å². The van der Waals surface area contributed by atoms with Gasteiger partial charge in [0.1, 0.15) is 11.6 Å². The molecule has 0 spiro atoms. The maximum atomic E-state index is 14.2. The zero-order chi connectivity index (χ0) is 18.7. The van der Waals surface area contributed by atoms with E-state index in [1.807, 2.05) is 20.0 Å². The molecule has 2 aromatic rings. The fourth-order valence-corrected chi connectivity index (χ4v) is 3.55. The lowest BCUT2D eigenvalue weighted by atomic mass is 9.97. The molecule has 0 aliphatic carbocycles. The van der Waals surface area contributed by atoms with Gasteiger partial charge >= 0.3 is 0 Å². The van der Waals surface area contributed by atoms with Crippen molar-refractivity contribution in [2.45, 2.75) is 19.4 Å². The van der Waals surface area contributed by atoms with Crippen molar-refractivity contribution in [2.75, 3.05) is 26.7 Å². The largest absolute Gasteiger partial charge is 0.339 e. The molecule has 1 saturated heterocycles. The number of nitrogens with zero attached hydrogens (tertiary/aromatic N) is 2. The Balaban J connectivity index is 1.71. The summed E-state index contributed by atoms with van der Waals surface area (Å²) in [6.45, 7) is 3.54. The first-order valence-corrected chi connectivity index (χ1v) is 8.94. The second-order valence-corrected chi connectivity index (χ2v) is 7.00. The molecule has 1 heterocycles. The van der Waals surface area contributed by atoms with Gasteiger partial charge in [-0.05, 0) is 31.2 Å². The van der Waals surface area contributed by atoms with Crippen molar-refractivity contribution in [3.63, 3.8) is 0 Å². The summed E-state index contributed by atoms with van der Waals surface area (Å²) in [4.78, 5) is 16.7. The molecule has 0 N–H and O–H groups in total. The van der Waals surface area contributed by atoms with Crippen LogP contribution in [0.2, 0.25) is 0 Å². The first-order chi connectivity index (χ1) is 12.5. The van der Waals surface area contributed by atoms with Gasteiger partial charge in [0.15, 0.2) is 0 Å². The number of rotatable bonds is 4. The van der Waals surface area contributed by atoms with E-state index < -0.39 is 0 Å². The SMILES string of the molecule is CC(Cc1ccccc1F)C(=O)N1CCN(C)C(c2ccccc2F)C1. The lowest BCUT2D eigenvalue weighted by molar-refractivity contribution is -0.137. The van der Waals surface area contributed by atoms with Gasteiger partial charge in [-0.15, -0.1) is 0 Å². The summed E-state index contributed by atoms with van der Waals surface area (Å²) in [5, 5.41) is 0. The van der Waals surface area contributed by atoms with E-state index in [-0.39, 0.29) is 29.5 Å². The molecule has 2 aromatic carbocycles. The van der Waals surface area contributed by atoms with Crippen LogP contribution in [0, 0.1) is 17.6 Å². The zero-order valence-corrected chi connectivity index (χ0v) is 15.2. The molecule has 0 aromatic heterocycles. The van der Waals surface area contributed by atoms with Crippen LogP contribution < -0.4 is 0 Å². The van der Waals surface area contributed by atoms with Crippen LogP contribution in [0.3, 0.4) is 0 Å². The van der Waals surface area contributed by atoms with Crippen LogP contribution >= 0.6 is 0 Å². The molecule has 3 rings (SSSR count). The molecule has 26 heavy (non-hydrogen) atoms. The number of halogens is 2. The second kappa shape index (κ2) is 7.96. The number of likely N-dealkylation sites (N-methyl/N-ethyl adjacent to an activating group) is 1. The number of carbonyl (C=O) groups is 1. The number of hydrogen-bond acceptors (Lipinski definition) is 2. The summed E-state index contributed by atoms with van der Waals surface area (Å²) in [6, 6.07) is 13.1. The summed E-state index contributed by atoms with van der Waals surface area (Å²) >= 11 is 0. The molecular formula is C21H24F2N2O. The van der Waals surface area contributed by atoms with Crippen molar-refractivity contribution in [3.05, 3.63) is 71.3 Å². The van der Waals surface area contributed by atoms with Crippen molar-refractivity contribution in [1.82, 2.24) is 9.80 Å². The topological polar surface area (TPSA) is 23.6 Å². The van der Waals surface area contributed by atoms with E-state index in [2.05, 4.69) is 4.90 Å². The Morgan fingerprint density at radius 2 is 1.73 bits per heavy atom. The van der Waals surface area contributed by atoms with Gasteiger partial charge in [0.2, 0.25) is 5.91 Å². The lowest BCUT2D eigenvalue weighted by Gasteiger charge is -2.40. The number of piperazine rings is 1. The van der Waals surface area contributed by atoms with E-state index in [4.69, 9.17) is 0 Å².